The van der Waals surface area contributed by atoms with Gasteiger partial charge >= 0.3 is 0 Å². The van der Waals surface area contributed by atoms with E-state index in [2.05, 4.69) is 312 Å². The van der Waals surface area contributed by atoms with Crippen LogP contribution in [0.2, 0.25) is 0 Å². The van der Waals surface area contributed by atoms with Crippen LogP contribution in [-0.2, 0) is 0 Å². The highest BCUT2D eigenvalue weighted by molar-refractivity contribution is 6.41. The second kappa shape index (κ2) is 29.8. The molecule has 4 nitrogen and oxygen atoms in total. The van der Waals surface area contributed by atoms with Crippen LogP contribution in [0.5, 0.6) is 0 Å². The lowest BCUT2D eigenvalue weighted by atomic mass is 9.81. The van der Waals surface area contributed by atoms with Gasteiger partial charge in [0.1, 0.15) is 56.3 Å². The predicted octanol–water partition coefficient (Wildman–Crippen LogP) is 36.8. The van der Waals surface area contributed by atoms with Crippen LogP contribution >= 0.6 is 0 Å². The van der Waals surface area contributed by atoms with Crippen molar-refractivity contribution in [3.63, 3.8) is 0 Å². The highest BCUT2D eigenvalue weighted by Gasteiger charge is 2.32. The van der Waals surface area contributed by atoms with E-state index in [0.29, 0.717) is 33.4 Å². The lowest BCUT2D eigenvalue weighted by Gasteiger charge is -2.21. The normalized spacial score (nSPS) is 12.1. The van der Waals surface area contributed by atoms with Crippen LogP contribution in [0.3, 0.4) is 0 Å². The molecule has 0 unspecified atom stereocenters. The van der Waals surface area contributed by atoms with Gasteiger partial charge in [-0.25, -0.2) is 8.78 Å². The standard InChI is InChI=1S/C68H44F2O2.C58H42O2/c1-37-15-11-16-38(2)59(37)43-27-29-49-51-31-45-33-54(64-48(24-14-26-56(64)70)42-21-9-6-10-22-42)66-62-46(32-52-50-30-28-44(36-58(50)72-68(52)66)60-39(3)17-12-18-40(60)4)34-53(65(61(45)62)67(51)71-57(49)35-43)63-47(23-13-25-55(63)69)41-19-7-5-8-20-41;1-31-19-32(2)22-39(21-31)45-27-51-56-48(30-50-44-18-16-38(26-54(44)59-57(50)51)42-14-10-8-12-36(42)6)46(40-23-33(3)20-34(4)24-40)28-52-55(56)47(45)29-49-43-17-15-37(25-53(43)60-58(49)52)41-13-9-7-11-35(41)5/h5-36H,1-4H3;7-30H,1-6H3. The molecule has 0 aliphatic carbocycles. The largest absolute Gasteiger partial charge is 0.455 e. The number of halogens is 2. The van der Waals surface area contributed by atoms with Crippen LogP contribution in [0.25, 0.3) is 264 Å². The van der Waals surface area contributed by atoms with Crippen molar-refractivity contribution in [3.8, 4) is 111 Å². The van der Waals surface area contributed by atoms with Crippen LogP contribution in [0.15, 0.2) is 357 Å². The summed E-state index contributed by atoms with van der Waals surface area (Å²) < 4.78 is 63.3. The average molecular weight is 1700 g/mol. The molecule has 26 aromatic rings. The molecule has 0 atom stereocenters. The number of benzene rings is 22. The number of rotatable bonds is 10. The van der Waals surface area contributed by atoms with Gasteiger partial charge in [-0.1, -0.05) is 253 Å². The summed E-state index contributed by atoms with van der Waals surface area (Å²) in [7, 11) is 0. The van der Waals surface area contributed by atoms with Crippen molar-refractivity contribution in [2.24, 2.45) is 0 Å². The van der Waals surface area contributed by atoms with E-state index in [1.54, 1.807) is 24.3 Å². The number of furan rings is 4. The molecule has 132 heavy (non-hydrogen) atoms. The van der Waals surface area contributed by atoms with E-state index < -0.39 is 0 Å². The average Bonchev–Trinajstić information content (AvgIpc) is 1.35. The second-order valence-electron chi connectivity index (χ2n) is 36.8. The monoisotopic (exact) mass is 1700 g/mol. The van der Waals surface area contributed by atoms with Crippen LogP contribution in [0.4, 0.5) is 8.78 Å². The Bertz CT molecular complexity index is 8790. The lowest BCUT2D eigenvalue weighted by Crippen LogP contribution is -1.97. The minimum atomic E-state index is -0.342. The van der Waals surface area contributed by atoms with E-state index in [1.165, 1.54) is 122 Å². The van der Waals surface area contributed by atoms with Gasteiger partial charge in [-0.15, -0.1) is 0 Å². The second-order valence-corrected chi connectivity index (χ2v) is 36.8. The van der Waals surface area contributed by atoms with Gasteiger partial charge < -0.3 is 17.7 Å². The first kappa shape index (κ1) is 78.3. The molecule has 0 amide bonds. The van der Waals surface area contributed by atoms with Gasteiger partial charge in [-0.2, -0.15) is 0 Å². The summed E-state index contributed by atoms with van der Waals surface area (Å²) >= 11 is 0. The maximum absolute atomic E-state index is 17.3. The molecule has 0 spiro atoms. The highest BCUT2D eigenvalue weighted by Crippen LogP contribution is 2.57. The van der Waals surface area contributed by atoms with E-state index >= 15 is 8.78 Å². The van der Waals surface area contributed by atoms with Crippen LogP contribution in [0, 0.1) is 80.9 Å². The maximum Gasteiger partial charge on any atom is 0.143 e. The fourth-order valence-corrected chi connectivity index (χ4v) is 22.6. The van der Waals surface area contributed by atoms with Crippen molar-refractivity contribution in [3.05, 3.63) is 407 Å². The van der Waals surface area contributed by atoms with E-state index in [-0.39, 0.29) is 11.6 Å². The van der Waals surface area contributed by atoms with Crippen molar-refractivity contribution in [2.45, 2.75) is 69.2 Å². The van der Waals surface area contributed by atoms with Gasteiger partial charge in [0.25, 0.3) is 0 Å². The zero-order valence-corrected chi connectivity index (χ0v) is 74.7. The van der Waals surface area contributed by atoms with E-state index in [4.69, 9.17) is 17.7 Å². The molecule has 0 radical (unpaired) electrons. The molecule has 0 bridgehead atoms. The molecule has 0 aliphatic rings. The summed E-state index contributed by atoms with van der Waals surface area (Å²) in [6.07, 6.45) is 0. The number of hydrogen-bond donors (Lipinski definition) is 0. The molecule has 0 aliphatic heterocycles. The first-order chi connectivity index (χ1) is 64.4. The third-order valence-electron chi connectivity index (χ3n) is 28.2. The maximum atomic E-state index is 17.3. The van der Waals surface area contributed by atoms with Gasteiger partial charge in [0.2, 0.25) is 0 Å². The molecule has 4 aromatic heterocycles. The Kier molecular flexibility index (Phi) is 17.7. The lowest BCUT2D eigenvalue weighted by molar-refractivity contribution is 0.631. The zero-order chi connectivity index (χ0) is 89.1. The number of fused-ring (bicyclic) bond motifs is 16. The molecule has 0 saturated heterocycles. The molecule has 0 fully saturated rings. The Labute approximate surface area is 761 Å². The van der Waals surface area contributed by atoms with Crippen LogP contribution < -0.4 is 0 Å². The smallest absolute Gasteiger partial charge is 0.143 e. The molecular weight excluding hydrogens is 1620 g/mol. The summed E-state index contributed by atoms with van der Waals surface area (Å²) in [6, 6.07) is 119. The summed E-state index contributed by atoms with van der Waals surface area (Å²) in [5, 5.41) is 20.3. The topological polar surface area (TPSA) is 52.6 Å². The van der Waals surface area contributed by atoms with Crippen molar-refractivity contribution in [2.75, 3.05) is 0 Å². The molecule has 0 saturated carbocycles. The number of aryl methyl sites for hydroxylation is 10. The van der Waals surface area contributed by atoms with Gasteiger partial charge in [-0.05, 0) is 333 Å². The van der Waals surface area contributed by atoms with Crippen LogP contribution in [0.1, 0.15) is 55.6 Å². The quantitative estimate of drug-likeness (QED) is 0.128. The van der Waals surface area contributed by atoms with Crippen molar-refractivity contribution in [1.29, 1.82) is 0 Å². The summed E-state index contributed by atoms with van der Waals surface area (Å²) in [6.45, 7) is 21.7. The summed E-state index contributed by atoms with van der Waals surface area (Å²) in [5.41, 5.74) is 38.3. The van der Waals surface area contributed by atoms with Gasteiger partial charge in [0.05, 0.1) is 0 Å². The molecule has 22 aromatic carbocycles. The van der Waals surface area contributed by atoms with E-state index in [0.717, 1.165) is 164 Å². The molecule has 628 valence electrons. The molecule has 4 heterocycles. The van der Waals surface area contributed by atoms with Gasteiger partial charge in [-0.3, -0.25) is 0 Å². The number of hydrogen-bond acceptors (Lipinski definition) is 4. The van der Waals surface area contributed by atoms with Gasteiger partial charge in [0.15, 0.2) is 0 Å². The Hall–Kier alpha value is -16.0. The summed E-state index contributed by atoms with van der Waals surface area (Å²) in [5.74, 6) is -0.685. The van der Waals surface area contributed by atoms with Crippen LogP contribution in [-0.4, -0.2) is 0 Å². The molecular formula is C126H86F2O4. The third kappa shape index (κ3) is 12.2. The fraction of sp³-hybridized carbons (Fsp3) is 0.0794. The minimum Gasteiger partial charge on any atom is -0.455 e. The Morgan fingerprint density at radius 1 is 0.167 bits per heavy atom. The first-order valence-corrected chi connectivity index (χ1v) is 45.5. The minimum absolute atomic E-state index is 0.342. The van der Waals surface area contributed by atoms with E-state index in [9.17, 15) is 0 Å². The van der Waals surface area contributed by atoms with Crippen molar-refractivity contribution < 1.29 is 26.4 Å². The Balaban J connectivity index is 0.000000144. The van der Waals surface area contributed by atoms with E-state index in [1.807, 2.05) is 72.8 Å². The summed E-state index contributed by atoms with van der Waals surface area (Å²) in [4.78, 5) is 0. The van der Waals surface area contributed by atoms with Crippen molar-refractivity contribution in [1.82, 2.24) is 0 Å². The van der Waals surface area contributed by atoms with Crippen molar-refractivity contribution >= 4 is 152 Å². The molecule has 26 rings (SSSR count). The predicted molar refractivity (Wildman–Crippen MR) is 551 cm³/mol. The fourth-order valence-electron chi connectivity index (χ4n) is 22.6. The highest BCUT2D eigenvalue weighted by atomic mass is 19.1. The Morgan fingerprint density at radius 2 is 0.485 bits per heavy atom. The third-order valence-corrected chi connectivity index (χ3v) is 28.2. The zero-order valence-electron chi connectivity index (χ0n) is 74.7. The SMILES string of the molecule is Cc1cc(C)cc(-c2cc3c4oc5cc(-c6ccccc6C)ccc5c4cc4c(-c5cc(C)cc(C)c5)cc5c6oc7cc(-c8ccccc8C)ccc7c6cc2c5c43)c1.Cc1cccc(C)c1-c1ccc2c(c1)oc1c2cc2cc(-c3c(F)cccc3-c3ccccc3)c3c4oc5cc(-c6c(C)cccc6C)ccc5c4cc4cc(-c5c(F)cccc5-c5ccccc5)c1c2c43. The first-order valence-electron chi connectivity index (χ1n) is 45.5. The van der Waals surface area contributed by atoms with Gasteiger partial charge in [0, 0.05) is 97.3 Å². The molecule has 0 N–H and O–H groups in total. The Morgan fingerprint density at radius 3 is 0.864 bits per heavy atom. The molecule has 6 heteroatoms.